The van der Waals surface area contributed by atoms with E-state index in [9.17, 15) is 4.79 Å². The third kappa shape index (κ3) is 6.10. The average Bonchev–Trinajstić information content (AvgIpc) is 2.98. The number of aromatic nitrogens is 3. The molecular weight excluding hydrogens is 290 g/mol. The fourth-order valence-corrected chi connectivity index (χ4v) is 2.46. The Bertz CT molecular complexity index is 595. The monoisotopic (exact) mass is 315 g/mol. The number of nitrogens with zero attached hydrogens (tertiary/aromatic N) is 3. The van der Waals surface area contributed by atoms with E-state index in [1.54, 1.807) is 11.0 Å². The molecule has 1 atom stereocenters. The summed E-state index contributed by atoms with van der Waals surface area (Å²) in [6.45, 7) is 7.46. The van der Waals surface area contributed by atoms with Crippen molar-refractivity contribution in [1.29, 1.82) is 0 Å². The number of hydrogen-bond donors (Lipinski definition) is 2. The van der Waals surface area contributed by atoms with Crippen LogP contribution in [-0.4, -0.2) is 33.4 Å². The molecule has 0 radical (unpaired) electrons. The van der Waals surface area contributed by atoms with Crippen molar-refractivity contribution < 1.29 is 4.79 Å². The normalized spacial score (nSPS) is 12.7. The van der Waals surface area contributed by atoms with Gasteiger partial charge in [-0.15, -0.1) is 0 Å². The average molecular weight is 315 g/mol. The van der Waals surface area contributed by atoms with Gasteiger partial charge in [-0.2, -0.15) is 5.10 Å². The number of nitrogens with one attached hydrogen (secondary N) is 2. The van der Waals surface area contributed by atoms with E-state index in [1.165, 1.54) is 11.9 Å². The molecular formula is C17H25N5O. The Morgan fingerprint density at radius 2 is 2.04 bits per heavy atom. The van der Waals surface area contributed by atoms with E-state index >= 15 is 0 Å². The van der Waals surface area contributed by atoms with Crippen molar-refractivity contribution in [2.75, 3.05) is 6.54 Å². The van der Waals surface area contributed by atoms with Crippen LogP contribution in [0.1, 0.15) is 26.3 Å². The first kappa shape index (κ1) is 17.0. The van der Waals surface area contributed by atoms with Crippen LogP contribution in [0.4, 0.5) is 4.79 Å². The summed E-state index contributed by atoms with van der Waals surface area (Å²) in [5, 5.41) is 9.90. The topological polar surface area (TPSA) is 71.8 Å². The molecule has 124 valence electrons. The lowest BCUT2D eigenvalue weighted by Gasteiger charge is -2.25. The van der Waals surface area contributed by atoms with Crippen molar-refractivity contribution in [2.45, 2.75) is 39.8 Å². The summed E-state index contributed by atoms with van der Waals surface area (Å²) in [4.78, 5) is 15.9. The Labute approximate surface area is 137 Å². The van der Waals surface area contributed by atoms with Crippen LogP contribution in [0.25, 0.3) is 0 Å². The Hall–Kier alpha value is -2.37. The predicted molar refractivity (Wildman–Crippen MR) is 89.9 cm³/mol. The van der Waals surface area contributed by atoms with Gasteiger partial charge in [-0.3, -0.25) is 4.68 Å². The summed E-state index contributed by atoms with van der Waals surface area (Å²) < 4.78 is 1.70. The van der Waals surface area contributed by atoms with Crippen molar-refractivity contribution in [3.05, 3.63) is 48.5 Å². The molecule has 2 amide bonds. The van der Waals surface area contributed by atoms with Gasteiger partial charge >= 0.3 is 6.03 Å². The number of amides is 2. The molecule has 2 rings (SSSR count). The molecule has 2 N–H and O–H groups in total. The van der Waals surface area contributed by atoms with Crippen LogP contribution in [0, 0.1) is 5.41 Å². The number of benzene rings is 1. The highest BCUT2D eigenvalue weighted by Gasteiger charge is 2.20. The second kappa shape index (κ2) is 7.76. The Balaban J connectivity index is 1.74. The third-order valence-electron chi connectivity index (χ3n) is 3.56. The van der Waals surface area contributed by atoms with Crippen molar-refractivity contribution in [1.82, 2.24) is 25.4 Å². The fraction of sp³-hybridized carbons (Fsp3) is 0.471. The van der Waals surface area contributed by atoms with Crippen LogP contribution in [0.15, 0.2) is 43.0 Å². The van der Waals surface area contributed by atoms with Gasteiger partial charge in [0.25, 0.3) is 0 Å². The molecule has 1 aromatic heterocycles. The van der Waals surface area contributed by atoms with Crippen molar-refractivity contribution in [3.8, 4) is 0 Å². The Morgan fingerprint density at radius 3 is 2.70 bits per heavy atom. The van der Waals surface area contributed by atoms with E-state index in [-0.39, 0.29) is 17.5 Å². The summed E-state index contributed by atoms with van der Waals surface area (Å²) in [6.07, 6.45) is 4.04. The molecule has 23 heavy (non-hydrogen) atoms. The highest BCUT2D eigenvalue weighted by atomic mass is 16.2. The second-order valence-corrected chi connectivity index (χ2v) is 6.67. The number of rotatable bonds is 7. The van der Waals surface area contributed by atoms with Crippen LogP contribution in [0.3, 0.4) is 0 Å². The molecule has 0 spiro atoms. The molecule has 2 aromatic rings. The first-order valence-corrected chi connectivity index (χ1v) is 7.85. The van der Waals surface area contributed by atoms with Crippen LogP contribution < -0.4 is 10.6 Å². The quantitative estimate of drug-likeness (QED) is 0.823. The predicted octanol–water partition coefficient (Wildman–Crippen LogP) is 2.23. The maximum atomic E-state index is 12.0. The summed E-state index contributed by atoms with van der Waals surface area (Å²) in [5.41, 5.74) is 1.27. The van der Waals surface area contributed by atoms with Gasteiger partial charge in [0.15, 0.2) is 0 Å². The number of hydrogen-bond acceptors (Lipinski definition) is 3. The summed E-state index contributed by atoms with van der Waals surface area (Å²) in [5.74, 6) is 0. The zero-order valence-electron chi connectivity index (χ0n) is 14.0. The molecule has 0 aliphatic heterocycles. The highest BCUT2D eigenvalue weighted by Crippen LogP contribution is 2.20. The van der Waals surface area contributed by atoms with E-state index < -0.39 is 0 Å². The molecule has 0 saturated heterocycles. The number of urea groups is 1. The molecule has 0 unspecified atom stereocenters. The van der Waals surface area contributed by atoms with E-state index in [1.807, 2.05) is 25.1 Å². The molecule has 6 heteroatoms. The van der Waals surface area contributed by atoms with Gasteiger partial charge in [0.1, 0.15) is 12.7 Å². The lowest BCUT2D eigenvalue weighted by molar-refractivity contribution is 0.229. The minimum absolute atomic E-state index is 0.00612. The maximum Gasteiger partial charge on any atom is 0.315 e. The summed E-state index contributed by atoms with van der Waals surface area (Å²) >= 11 is 0. The van der Waals surface area contributed by atoms with Crippen LogP contribution in [0.5, 0.6) is 0 Å². The first-order chi connectivity index (χ1) is 10.9. The lowest BCUT2D eigenvalue weighted by Crippen LogP contribution is -2.45. The summed E-state index contributed by atoms with van der Waals surface area (Å²) in [7, 11) is 0. The highest BCUT2D eigenvalue weighted by molar-refractivity contribution is 5.74. The molecule has 0 fully saturated rings. The van der Waals surface area contributed by atoms with Crippen LogP contribution in [0.2, 0.25) is 0 Å². The molecule has 1 heterocycles. The van der Waals surface area contributed by atoms with Gasteiger partial charge in [-0.1, -0.05) is 44.2 Å². The SMILES string of the molecule is C[C@@H](Cn1cncn1)NC(=O)NCC(C)(C)Cc1ccccc1. The second-order valence-electron chi connectivity index (χ2n) is 6.67. The van der Waals surface area contributed by atoms with E-state index in [0.717, 1.165) is 6.42 Å². The van der Waals surface area contributed by atoms with Crippen LogP contribution >= 0.6 is 0 Å². The van der Waals surface area contributed by atoms with E-state index in [4.69, 9.17) is 0 Å². The number of carbonyl (C=O) groups is 1. The third-order valence-corrected chi connectivity index (χ3v) is 3.56. The lowest BCUT2D eigenvalue weighted by atomic mass is 9.86. The molecule has 0 aliphatic rings. The minimum atomic E-state index is -0.154. The maximum absolute atomic E-state index is 12.0. The first-order valence-electron chi connectivity index (χ1n) is 7.85. The van der Waals surface area contributed by atoms with Gasteiger partial charge in [-0.05, 0) is 24.3 Å². The number of carbonyl (C=O) groups excluding carboxylic acids is 1. The zero-order chi connectivity index (χ0) is 16.7. The van der Waals surface area contributed by atoms with E-state index in [0.29, 0.717) is 13.1 Å². The van der Waals surface area contributed by atoms with E-state index in [2.05, 4.69) is 46.7 Å². The minimum Gasteiger partial charge on any atom is -0.338 e. The zero-order valence-corrected chi connectivity index (χ0v) is 14.0. The standard InChI is InChI=1S/C17H25N5O/c1-14(10-22-13-18-12-20-22)21-16(23)19-11-17(2,3)9-15-7-5-4-6-8-15/h4-8,12-14H,9-11H2,1-3H3,(H2,19,21,23)/t14-/m0/s1. The summed E-state index contributed by atoms with van der Waals surface area (Å²) in [6, 6.07) is 10.1. The molecule has 0 bridgehead atoms. The Morgan fingerprint density at radius 1 is 1.30 bits per heavy atom. The fourth-order valence-electron chi connectivity index (χ4n) is 2.46. The van der Waals surface area contributed by atoms with Crippen molar-refractivity contribution in [2.24, 2.45) is 5.41 Å². The van der Waals surface area contributed by atoms with Gasteiger partial charge in [0.2, 0.25) is 0 Å². The van der Waals surface area contributed by atoms with Crippen molar-refractivity contribution >= 4 is 6.03 Å². The van der Waals surface area contributed by atoms with Gasteiger partial charge in [0.05, 0.1) is 6.54 Å². The molecule has 1 aromatic carbocycles. The van der Waals surface area contributed by atoms with Gasteiger partial charge in [-0.25, -0.2) is 9.78 Å². The van der Waals surface area contributed by atoms with Crippen LogP contribution in [-0.2, 0) is 13.0 Å². The molecule has 6 nitrogen and oxygen atoms in total. The largest absolute Gasteiger partial charge is 0.338 e. The molecule has 0 aliphatic carbocycles. The van der Waals surface area contributed by atoms with Gasteiger partial charge in [0, 0.05) is 12.6 Å². The van der Waals surface area contributed by atoms with Gasteiger partial charge < -0.3 is 10.6 Å². The Kier molecular flexibility index (Phi) is 5.73. The molecule has 0 saturated carbocycles. The van der Waals surface area contributed by atoms with Crippen molar-refractivity contribution in [3.63, 3.8) is 0 Å². The smallest absolute Gasteiger partial charge is 0.315 e.